The van der Waals surface area contributed by atoms with Gasteiger partial charge in [0.15, 0.2) is 12.1 Å². The van der Waals surface area contributed by atoms with E-state index in [0.717, 1.165) is 54.7 Å². The molecule has 3 aliphatic rings. The van der Waals surface area contributed by atoms with Gasteiger partial charge in [0, 0.05) is 57.0 Å². The number of rotatable bonds is 8. The third kappa shape index (κ3) is 6.80. The van der Waals surface area contributed by atoms with E-state index in [1.807, 2.05) is 55.5 Å². The molecular formula is C30H41N3O6. The van der Waals surface area contributed by atoms with Crippen molar-refractivity contribution in [2.24, 2.45) is 5.92 Å². The molecule has 3 heterocycles. The van der Waals surface area contributed by atoms with E-state index in [0.29, 0.717) is 26.3 Å². The second kappa shape index (κ2) is 12.8. The van der Waals surface area contributed by atoms with Gasteiger partial charge in [0.25, 0.3) is 0 Å². The number of hydrogen-bond acceptors (Lipinski definition) is 7. The highest BCUT2D eigenvalue weighted by Gasteiger charge is 2.43. The van der Waals surface area contributed by atoms with Crippen LogP contribution in [0.4, 0.5) is 4.79 Å². The number of piperidine rings is 1. The predicted octanol–water partition coefficient (Wildman–Crippen LogP) is 3.63. The highest BCUT2D eigenvalue weighted by molar-refractivity contribution is 5.73. The minimum Gasteiger partial charge on any atom is -0.392 e. The van der Waals surface area contributed by atoms with Crippen LogP contribution in [0.1, 0.15) is 61.3 Å². The molecule has 0 aromatic heterocycles. The summed E-state index contributed by atoms with van der Waals surface area (Å²) in [6.45, 7) is 9.10. The van der Waals surface area contributed by atoms with Gasteiger partial charge in [-0.2, -0.15) is 0 Å². The predicted molar refractivity (Wildman–Crippen MR) is 146 cm³/mol. The molecule has 9 nitrogen and oxygen atoms in total. The molecule has 5 rings (SSSR count). The van der Waals surface area contributed by atoms with Crippen molar-refractivity contribution in [1.82, 2.24) is 15.5 Å². The van der Waals surface area contributed by atoms with E-state index in [1.165, 1.54) is 0 Å². The maximum Gasteiger partial charge on any atom is 0.315 e. The highest BCUT2D eigenvalue weighted by Crippen LogP contribution is 2.42. The quantitative estimate of drug-likeness (QED) is 0.471. The first-order valence-electron chi connectivity index (χ1n) is 14.1. The first-order valence-corrected chi connectivity index (χ1v) is 14.1. The van der Waals surface area contributed by atoms with Crippen LogP contribution in [-0.2, 0) is 32.1 Å². The number of likely N-dealkylation sites (tertiary alicyclic amines) is 1. The van der Waals surface area contributed by atoms with Gasteiger partial charge in [0.1, 0.15) is 0 Å². The summed E-state index contributed by atoms with van der Waals surface area (Å²) < 4.78 is 25.0. The van der Waals surface area contributed by atoms with Gasteiger partial charge in [0.2, 0.25) is 0 Å². The second-order valence-corrected chi connectivity index (χ2v) is 10.7. The van der Waals surface area contributed by atoms with Crippen LogP contribution in [0.3, 0.4) is 0 Å². The lowest BCUT2D eigenvalue weighted by molar-refractivity contribution is -0.278. The molecule has 2 amide bonds. The van der Waals surface area contributed by atoms with Crippen LogP contribution in [0.15, 0.2) is 48.5 Å². The lowest BCUT2D eigenvalue weighted by atomic mass is 9.89. The maximum absolute atomic E-state index is 11.8. The maximum atomic E-state index is 11.8. The van der Waals surface area contributed by atoms with Crippen molar-refractivity contribution in [3.63, 3.8) is 0 Å². The molecule has 39 heavy (non-hydrogen) atoms. The minimum atomic E-state index is -0.517. The Morgan fingerprint density at radius 3 is 2.23 bits per heavy atom. The smallest absolute Gasteiger partial charge is 0.315 e. The summed E-state index contributed by atoms with van der Waals surface area (Å²) in [5, 5.41) is 15.1. The van der Waals surface area contributed by atoms with E-state index in [2.05, 4.69) is 22.5 Å². The SMILES string of the molecule is CCNC(=O)NCc1ccc([C@@H]2O[C@H](CN3CCC4(CC3)OCCO4)[C@H](C)[C@H](c3ccc(CO)cc3)O2)cc1. The van der Waals surface area contributed by atoms with Gasteiger partial charge in [-0.3, -0.25) is 0 Å². The van der Waals surface area contributed by atoms with E-state index in [9.17, 15) is 9.90 Å². The molecule has 0 radical (unpaired) electrons. The average Bonchev–Trinajstić information content (AvgIpc) is 3.43. The number of amides is 2. The molecule has 9 heteroatoms. The summed E-state index contributed by atoms with van der Waals surface area (Å²) in [5.41, 5.74) is 3.89. The number of benzene rings is 2. The van der Waals surface area contributed by atoms with Crippen LogP contribution in [0.5, 0.6) is 0 Å². The Hall–Kier alpha value is -2.53. The lowest BCUT2D eigenvalue weighted by Gasteiger charge is -2.44. The third-order valence-electron chi connectivity index (χ3n) is 8.04. The van der Waals surface area contributed by atoms with Crippen molar-refractivity contribution in [3.05, 3.63) is 70.8 Å². The first-order chi connectivity index (χ1) is 19.0. The molecule has 0 aliphatic carbocycles. The lowest BCUT2D eigenvalue weighted by Crippen LogP contribution is -2.50. The average molecular weight is 540 g/mol. The molecule has 3 aliphatic heterocycles. The molecule has 1 spiro atoms. The van der Waals surface area contributed by atoms with Crippen LogP contribution in [-0.4, -0.2) is 67.3 Å². The van der Waals surface area contributed by atoms with Crippen LogP contribution >= 0.6 is 0 Å². The van der Waals surface area contributed by atoms with Crippen molar-refractivity contribution in [1.29, 1.82) is 0 Å². The number of carbonyl (C=O) groups excluding carboxylic acids is 1. The molecule has 0 saturated carbocycles. The largest absolute Gasteiger partial charge is 0.392 e. The van der Waals surface area contributed by atoms with E-state index in [-0.39, 0.29) is 30.8 Å². The summed E-state index contributed by atoms with van der Waals surface area (Å²) in [7, 11) is 0. The summed E-state index contributed by atoms with van der Waals surface area (Å²) in [6.07, 6.45) is 1.03. The Kier molecular flexibility index (Phi) is 9.17. The Labute approximate surface area is 230 Å². The van der Waals surface area contributed by atoms with Gasteiger partial charge < -0.3 is 39.6 Å². The van der Waals surface area contributed by atoms with Gasteiger partial charge in [-0.25, -0.2) is 4.79 Å². The number of nitrogens with one attached hydrogen (secondary N) is 2. The monoisotopic (exact) mass is 539 g/mol. The van der Waals surface area contributed by atoms with Gasteiger partial charge >= 0.3 is 6.03 Å². The molecule has 0 bridgehead atoms. The van der Waals surface area contributed by atoms with Crippen molar-refractivity contribution >= 4 is 6.03 Å². The van der Waals surface area contributed by atoms with E-state index >= 15 is 0 Å². The molecule has 4 atom stereocenters. The highest BCUT2D eigenvalue weighted by atomic mass is 16.7. The zero-order valence-corrected chi connectivity index (χ0v) is 22.9. The summed E-state index contributed by atoms with van der Waals surface area (Å²) >= 11 is 0. The fourth-order valence-corrected chi connectivity index (χ4v) is 5.64. The summed E-state index contributed by atoms with van der Waals surface area (Å²) in [4.78, 5) is 14.2. The van der Waals surface area contributed by atoms with Gasteiger partial charge in [-0.05, 0) is 23.6 Å². The minimum absolute atomic E-state index is 0.0148. The van der Waals surface area contributed by atoms with Crippen LogP contribution in [0, 0.1) is 5.92 Å². The Morgan fingerprint density at radius 1 is 0.949 bits per heavy atom. The van der Waals surface area contributed by atoms with E-state index in [1.54, 1.807) is 0 Å². The fourth-order valence-electron chi connectivity index (χ4n) is 5.64. The number of carbonyl (C=O) groups is 1. The molecular weight excluding hydrogens is 498 g/mol. The Balaban J connectivity index is 1.29. The standard InChI is InChI=1S/C30H41N3O6/c1-3-31-29(35)32-18-22-4-10-25(11-5-22)28-38-26(19-33-14-12-30(13-15-33)36-16-17-37-30)21(2)27(39-28)24-8-6-23(20-34)7-9-24/h4-11,21,26-28,34H,3,12-20H2,1-2H3,(H2,31,32,35)/t21-,26+,27+,28+/m0/s1. The molecule has 212 valence electrons. The first kappa shape index (κ1) is 28.0. The molecule has 2 aromatic carbocycles. The molecule has 3 saturated heterocycles. The summed E-state index contributed by atoms with van der Waals surface area (Å²) in [5.74, 6) is -0.275. The van der Waals surface area contributed by atoms with Crippen molar-refractivity contribution in [2.45, 2.75) is 64.1 Å². The molecule has 3 fully saturated rings. The van der Waals surface area contributed by atoms with E-state index < -0.39 is 12.1 Å². The third-order valence-corrected chi connectivity index (χ3v) is 8.04. The fraction of sp³-hybridized carbons (Fsp3) is 0.567. The van der Waals surface area contributed by atoms with Crippen LogP contribution in [0.2, 0.25) is 0 Å². The van der Waals surface area contributed by atoms with Crippen molar-refractivity contribution in [2.75, 3.05) is 39.4 Å². The second-order valence-electron chi connectivity index (χ2n) is 10.7. The number of ether oxygens (including phenoxy) is 4. The molecule has 3 N–H and O–H groups in total. The molecule has 2 aromatic rings. The number of aliphatic hydroxyl groups excluding tert-OH is 1. The Morgan fingerprint density at radius 2 is 1.59 bits per heavy atom. The van der Waals surface area contributed by atoms with Crippen molar-refractivity contribution < 1.29 is 28.8 Å². The number of urea groups is 1. The topological polar surface area (TPSA) is 102 Å². The number of hydrogen-bond donors (Lipinski definition) is 3. The van der Waals surface area contributed by atoms with E-state index in [4.69, 9.17) is 18.9 Å². The zero-order chi connectivity index (χ0) is 27.2. The van der Waals surface area contributed by atoms with Crippen molar-refractivity contribution in [3.8, 4) is 0 Å². The van der Waals surface area contributed by atoms with Crippen LogP contribution < -0.4 is 10.6 Å². The van der Waals surface area contributed by atoms with Crippen LogP contribution in [0.25, 0.3) is 0 Å². The van der Waals surface area contributed by atoms with Gasteiger partial charge in [-0.15, -0.1) is 0 Å². The number of aliphatic hydroxyl groups is 1. The zero-order valence-electron chi connectivity index (χ0n) is 22.9. The van der Waals surface area contributed by atoms with Gasteiger partial charge in [-0.1, -0.05) is 55.5 Å². The normalized spacial score (nSPS) is 26.9. The Bertz CT molecular complexity index is 1060. The number of nitrogens with zero attached hydrogens (tertiary/aromatic N) is 1. The summed E-state index contributed by atoms with van der Waals surface area (Å²) in [6, 6.07) is 15.8. The van der Waals surface area contributed by atoms with Gasteiger partial charge in [0.05, 0.1) is 32.0 Å². The molecule has 0 unspecified atom stereocenters.